The van der Waals surface area contributed by atoms with Crippen LogP contribution in [-0.2, 0) is 6.54 Å². The Labute approximate surface area is 112 Å². The molecule has 0 aromatic carbocycles. The van der Waals surface area contributed by atoms with Crippen molar-refractivity contribution in [1.82, 2.24) is 14.7 Å². The average Bonchev–Trinajstić information content (AvgIpc) is 2.61. The summed E-state index contributed by atoms with van der Waals surface area (Å²) in [6.07, 6.45) is 0. The van der Waals surface area contributed by atoms with E-state index in [4.69, 9.17) is 16.7 Å². The SMILES string of the molecule is CCN(CCO)C(=O)c1c(C)nn(CCCl)c1C. The van der Waals surface area contributed by atoms with E-state index in [0.29, 0.717) is 36.8 Å². The van der Waals surface area contributed by atoms with E-state index in [9.17, 15) is 4.79 Å². The summed E-state index contributed by atoms with van der Waals surface area (Å²) < 4.78 is 1.75. The first-order valence-electron chi connectivity index (χ1n) is 6.06. The number of rotatable bonds is 6. The van der Waals surface area contributed by atoms with Gasteiger partial charge in [0.25, 0.3) is 5.91 Å². The highest BCUT2D eigenvalue weighted by atomic mass is 35.5. The molecule has 6 heteroatoms. The lowest BCUT2D eigenvalue weighted by Gasteiger charge is -2.19. The lowest BCUT2D eigenvalue weighted by atomic mass is 10.1. The van der Waals surface area contributed by atoms with Gasteiger partial charge in [-0.05, 0) is 20.8 Å². The van der Waals surface area contributed by atoms with Gasteiger partial charge in [0.1, 0.15) is 0 Å². The van der Waals surface area contributed by atoms with E-state index < -0.39 is 0 Å². The van der Waals surface area contributed by atoms with Gasteiger partial charge in [-0.25, -0.2) is 0 Å². The fraction of sp³-hybridized carbons (Fsp3) is 0.667. The third-order valence-corrected chi connectivity index (χ3v) is 3.10. The summed E-state index contributed by atoms with van der Waals surface area (Å²) in [5.41, 5.74) is 2.16. The molecule has 0 spiro atoms. The van der Waals surface area contributed by atoms with Crippen LogP contribution in [-0.4, -0.2) is 51.3 Å². The molecule has 0 saturated carbocycles. The van der Waals surface area contributed by atoms with Crippen LogP contribution in [0.1, 0.15) is 28.7 Å². The van der Waals surface area contributed by atoms with Crippen LogP contribution in [0.2, 0.25) is 0 Å². The number of aliphatic hydroxyl groups is 1. The highest BCUT2D eigenvalue weighted by Crippen LogP contribution is 2.15. The number of aromatic nitrogens is 2. The van der Waals surface area contributed by atoms with Gasteiger partial charge in [-0.15, -0.1) is 11.6 Å². The topological polar surface area (TPSA) is 58.4 Å². The van der Waals surface area contributed by atoms with Crippen molar-refractivity contribution in [3.8, 4) is 0 Å². The number of halogens is 1. The van der Waals surface area contributed by atoms with Gasteiger partial charge < -0.3 is 10.0 Å². The maximum Gasteiger partial charge on any atom is 0.257 e. The van der Waals surface area contributed by atoms with Gasteiger partial charge >= 0.3 is 0 Å². The molecule has 0 bridgehead atoms. The zero-order chi connectivity index (χ0) is 13.7. The number of hydrogen-bond donors (Lipinski definition) is 1. The predicted octanol–water partition coefficient (Wildman–Crippen LogP) is 1.19. The quantitative estimate of drug-likeness (QED) is 0.792. The van der Waals surface area contributed by atoms with Crippen molar-refractivity contribution in [3.05, 3.63) is 17.0 Å². The summed E-state index contributed by atoms with van der Waals surface area (Å²) in [5.74, 6) is 0.381. The lowest BCUT2D eigenvalue weighted by molar-refractivity contribution is 0.0730. The van der Waals surface area contributed by atoms with Crippen LogP contribution in [0, 0.1) is 13.8 Å². The molecule has 0 radical (unpaired) electrons. The Kier molecular flexibility index (Phi) is 5.62. The molecule has 0 unspecified atom stereocenters. The Hall–Kier alpha value is -1.07. The van der Waals surface area contributed by atoms with E-state index in [2.05, 4.69) is 5.10 Å². The van der Waals surface area contributed by atoms with E-state index in [1.165, 1.54) is 0 Å². The van der Waals surface area contributed by atoms with Gasteiger partial charge in [-0.1, -0.05) is 0 Å². The first-order chi connectivity index (χ1) is 8.56. The van der Waals surface area contributed by atoms with Crippen LogP contribution >= 0.6 is 11.6 Å². The molecule has 102 valence electrons. The highest BCUT2D eigenvalue weighted by molar-refractivity contribution is 6.17. The van der Waals surface area contributed by atoms with Crippen molar-refractivity contribution >= 4 is 17.5 Å². The second kappa shape index (κ2) is 6.75. The van der Waals surface area contributed by atoms with Crippen molar-refractivity contribution in [2.24, 2.45) is 0 Å². The molecule has 1 aromatic rings. The second-order valence-electron chi connectivity index (χ2n) is 4.07. The Morgan fingerprint density at radius 3 is 2.67 bits per heavy atom. The average molecular weight is 274 g/mol. The third-order valence-electron chi connectivity index (χ3n) is 2.93. The second-order valence-corrected chi connectivity index (χ2v) is 4.44. The first kappa shape index (κ1) is 15.0. The van der Waals surface area contributed by atoms with E-state index in [0.717, 1.165) is 5.69 Å². The Morgan fingerprint density at radius 1 is 1.50 bits per heavy atom. The number of amides is 1. The molecule has 1 N–H and O–H groups in total. The summed E-state index contributed by atoms with van der Waals surface area (Å²) in [6.45, 7) is 7.04. The highest BCUT2D eigenvalue weighted by Gasteiger charge is 2.22. The third kappa shape index (κ3) is 3.03. The zero-order valence-corrected chi connectivity index (χ0v) is 11.9. The smallest absolute Gasteiger partial charge is 0.257 e. The molecule has 0 fully saturated rings. The minimum absolute atomic E-state index is 0.0342. The molecule has 0 aliphatic heterocycles. The Morgan fingerprint density at radius 2 is 2.17 bits per heavy atom. The largest absolute Gasteiger partial charge is 0.395 e. The molecule has 0 saturated heterocycles. The first-order valence-corrected chi connectivity index (χ1v) is 6.60. The van der Waals surface area contributed by atoms with Gasteiger partial charge in [-0.2, -0.15) is 5.10 Å². The molecule has 1 amide bonds. The van der Waals surface area contributed by atoms with Gasteiger partial charge in [0.15, 0.2) is 0 Å². The predicted molar refractivity (Wildman–Crippen MR) is 71.1 cm³/mol. The van der Waals surface area contributed by atoms with E-state index in [1.54, 1.807) is 9.58 Å². The van der Waals surface area contributed by atoms with Crippen LogP contribution < -0.4 is 0 Å². The fourth-order valence-electron chi connectivity index (χ4n) is 1.99. The maximum absolute atomic E-state index is 12.4. The maximum atomic E-state index is 12.4. The van der Waals surface area contributed by atoms with Gasteiger partial charge in [-0.3, -0.25) is 9.48 Å². The summed E-state index contributed by atoms with van der Waals surface area (Å²) in [7, 11) is 0. The zero-order valence-electron chi connectivity index (χ0n) is 11.1. The molecular weight excluding hydrogens is 254 g/mol. The number of carbonyl (C=O) groups is 1. The molecule has 18 heavy (non-hydrogen) atoms. The van der Waals surface area contributed by atoms with Crippen molar-refractivity contribution in [3.63, 3.8) is 0 Å². The van der Waals surface area contributed by atoms with Gasteiger partial charge in [0.2, 0.25) is 0 Å². The van der Waals surface area contributed by atoms with Crippen molar-refractivity contribution in [1.29, 1.82) is 0 Å². The number of alkyl halides is 1. The van der Waals surface area contributed by atoms with Crippen molar-refractivity contribution < 1.29 is 9.90 Å². The number of aliphatic hydroxyl groups excluding tert-OH is 1. The molecule has 0 aliphatic rings. The number of nitrogens with zero attached hydrogens (tertiary/aromatic N) is 3. The van der Waals surface area contributed by atoms with Gasteiger partial charge in [0.05, 0.1) is 24.4 Å². The van der Waals surface area contributed by atoms with E-state index in [-0.39, 0.29) is 12.5 Å². The number of likely N-dealkylation sites (N-methyl/N-ethyl adjacent to an activating group) is 1. The van der Waals surface area contributed by atoms with Crippen molar-refractivity contribution in [2.45, 2.75) is 27.3 Å². The number of hydrogen-bond acceptors (Lipinski definition) is 3. The summed E-state index contributed by atoms with van der Waals surface area (Å²) in [4.78, 5) is 14.0. The van der Waals surface area contributed by atoms with E-state index in [1.807, 2.05) is 20.8 Å². The molecule has 1 aromatic heterocycles. The normalized spacial score (nSPS) is 10.7. The summed E-state index contributed by atoms with van der Waals surface area (Å²) in [6, 6.07) is 0. The van der Waals surface area contributed by atoms with Crippen LogP contribution in [0.25, 0.3) is 0 Å². The fourth-order valence-corrected chi connectivity index (χ4v) is 2.15. The van der Waals surface area contributed by atoms with Crippen LogP contribution in [0.5, 0.6) is 0 Å². The monoisotopic (exact) mass is 273 g/mol. The molecule has 1 heterocycles. The molecule has 1 rings (SSSR count). The van der Waals surface area contributed by atoms with Crippen molar-refractivity contribution in [2.75, 3.05) is 25.6 Å². The molecule has 0 atom stereocenters. The Balaban J connectivity index is 3.04. The van der Waals surface area contributed by atoms with Crippen LogP contribution in [0.4, 0.5) is 0 Å². The summed E-state index contributed by atoms with van der Waals surface area (Å²) >= 11 is 5.70. The minimum atomic E-state index is -0.0811. The van der Waals surface area contributed by atoms with Crippen LogP contribution in [0.3, 0.4) is 0 Å². The van der Waals surface area contributed by atoms with Gasteiger partial charge in [0, 0.05) is 24.7 Å². The summed E-state index contributed by atoms with van der Waals surface area (Å²) in [5, 5.41) is 13.3. The van der Waals surface area contributed by atoms with Crippen LogP contribution in [0.15, 0.2) is 0 Å². The standard InChI is InChI=1S/C12H20ClN3O2/c1-4-15(7-8-17)12(18)11-9(2)14-16(6-5-13)10(11)3/h17H,4-8H2,1-3H3. The number of aryl methyl sites for hydroxylation is 2. The lowest BCUT2D eigenvalue weighted by Crippen LogP contribution is -2.34. The Bertz CT molecular complexity index is 418. The number of carbonyl (C=O) groups excluding carboxylic acids is 1. The molecular formula is C12H20ClN3O2. The van der Waals surface area contributed by atoms with E-state index >= 15 is 0 Å². The molecule has 0 aliphatic carbocycles. The minimum Gasteiger partial charge on any atom is -0.395 e. The molecule has 5 nitrogen and oxygen atoms in total.